The van der Waals surface area contributed by atoms with Crippen LogP contribution in [0.5, 0.6) is 0 Å². The molecule has 2 aromatic rings. The van der Waals surface area contributed by atoms with Gasteiger partial charge in [-0.05, 0) is 61.3 Å². The maximum Gasteiger partial charge on any atom is 0.322 e. The quantitative estimate of drug-likeness (QED) is 0.707. The topological polar surface area (TPSA) is 71.3 Å². The standard InChI is InChI=1S/C22H27ClN4O2/c1-13-9-17-12-22(11-13,20-26-25-14(2)29-20)27(17)21(28)24-16-7-8-19(23)18(10-16)15-5-3-4-6-15/h7-8,10,13,15,17H,3-6,9,11-12H2,1-2H3,(H,24,28)/t13-,17+,22?/m0/s1. The van der Waals surface area contributed by atoms with E-state index in [9.17, 15) is 4.79 Å². The molecular weight excluding hydrogens is 388 g/mol. The van der Waals surface area contributed by atoms with Crippen molar-refractivity contribution in [3.63, 3.8) is 0 Å². The van der Waals surface area contributed by atoms with E-state index in [1.54, 1.807) is 6.92 Å². The van der Waals surface area contributed by atoms with Gasteiger partial charge in [-0.3, -0.25) is 0 Å². The van der Waals surface area contributed by atoms with Crippen molar-refractivity contribution in [2.45, 2.75) is 76.3 Å². The number of carbonyl (C=O) groups excluding carboxylic acids is 1. The van der Waals surface area contributed by atoms with Gasteiger partial charge in [0.1, 0.15) is 5.54 Å². The van der Waals surface area contributed by atoms with Crippen molar-refractivity contribution in [3.8, 4) is 0 Å². The molecule has 2 saturated carbocycles. The molecule has 3 aliphatic rings. The Morgan fingerprint density at radius 3 is 2.79 bits per heavy atom. The Morgan fingerprint density at radius 1 is 1.28 bits per heavy atom. The van der Waals surface area contributed by atoms with E-state index in [2.05, 4.69) is 28.5 Å². The van der Waals surface area contributed by atoms with E-state index in [1.165, 1.54) is 25.7 Å². The van der Waals surface area contributed by atoms with E-state index in [0.717, 1.165) is 35.5 Å². The monoisotopic (exact) mass is 414 g/mol. The van der Waals surface area contributed by atoms with Crippen LogP contribution in [0.1, 0.15) is 75.1 Å². The van der Waals surface area contributed by atoms with Crippen molar-refractivity contribution in [1.29, 1.82) is 0 Å². The summed E-state index contributed by atoms with van der Waals surface area (Å²) in [5, 5.41) is 12.2. The number of hydrogen-bond donors (Lipinski definition) is 1. The number of urea groups is 1. The third-order valence-corrected chi connectivity index (χ3v) is 7.29. The summed E-state index contributed by atoms with van der Waals surface area (Å²) in [6, 6.07) is 5.97. The van der Waals surface area contributed by atoms with Crippen LogP contribution >= 0.6 is 11.6 Å². The molecule has 2 aliphatic carbocycles. The van der Waals surface area contributed by atoms with E-state index < -0.39 is 5.54 Å². The maximum atomic E-state index is 13.3. The molecule has 5 rings (SSSR count). The molecule has 2 amide bonds. The Morgan fingerprint density at radius 2 is 2.07 bits per heavy atom. The lowest BCUT2D eigenvalue weighted by Gasteiger charge is -2.61. The van der Waals surface area contributed by atoms with E-state index in [-0.39, 0.29) is 12.1 Å². The normalized spacial score (nSPS) is 29.0. The first-order chi connectivity index (χ1) is 14.0. The highest BCUT2D eigenvalue weighted by molar-refractivity contribution is 6.31. The molecule has 0 spiro atoms. The Labute approximate surface area is 176 Å². The molecule has 1 unspecified atom stereocenters. The van der Waals surface area contributed by atoms with Gasteiger partial charge in [0.15, 0.2) is 0 Å². The summed E-state index contributed by atoms with van der Waals surface area (Å²) in [7, 11) is 0. The van der Waals surface area contributed by atoms with Crippen molar-refractivity contribution in [2.75, 3.05) is 5.32 Å². The summed E-state index contributed by atoms with van der Waals surface area (Å²) in [5.41, 5.74) is 1.48. The summed E-state index contributed by atoms with van der Waals surface area (Å²) < 4.78 is 5.78. The molecule has 2 heterocycles. The van der Waals surface area contributed by atoms with Gasteiger partial charge in [-0.1, -0.05) is 31.4 Å². The second-order valence-corrected chi connectivity index (χ2v) is 9.49. The summed E-state index contributed by atoms with van der Waals surface area (Å²) >= 11 is 6.46. The third kappa shape index (κ3) is 3.12. The van der Waals surface area contributed by atoms with Crippen molar-refractivity contribution in [1.82, 2.24) is 15.1 Å². The average Bonchev–Trinajstić information content (AvgIpc) is 3.34. The molecule has 1 N–H and O–H groups in total. The van der Waals surface area contributed by atoms with Crippen LogP contribution in [-0.4, -0.2) is 27.2 Å². The zero-order chi connectivity index (χ0) is 20.2. The van der Waals surface area contributed by atoms with Gasteiger partial charge < -0.3 is 14.6 Å². The van der Waals surface area contributed by atoms with Crippen LogP contribution in [0.15, 0.2) is 22.6 Å². The highest BCUT2D eigenvalue weighted by atomic mass is 35.5. The number of fused-ring (bicyclic) bond motifs is 2. The maximum absolute atomic E-state index is 13.3. The lowest BCUT2D eigenvalue weighted by molar-refractivity contribution is -0.110. The average molecular weight is 415 g/mol. The minimum absolute atomic E-state index is 0.0938. The van der Waals surface area contributed by atoms with Gasteiger partial charge in [0, 0.05) is 30.1 Å². The number of aryl methyl sites for hydroxylation is 1. The molecule has 1 aromatic heterocycles. The van der Waals surface area contributed by atoms with Gasteiger partial charge >= 0.3 is 6.03 Å². The first-order valence-corrected chi connectivity index (χ1v) is 11.0. The van der Waals surface area contributed by atoms with Crippen LogP contribution in [0.2, 0.25) is 5.02 Å². The van der Waals surface area contributed by atoms with Gasteiger partial charge in [-0.25, -0.2) is 4.79 Å². The van der Waals surface area contributed by atoms with Gasteiger partial charge in [0.25, 0.3) is 0 Å². The number of hydrogen-bond acceptors (Lipinski definition) is 4. The summed E-state index contributed by atoms with van der Waals surface area (Å²) in [6.45, 7) is 4.02. The molecular formula is C22H27ClN4O2. The van der Waals surface area contributed by atoms with Crippen molar-refractivity contribution in [2.24, 2.45) is 5.92 Å². The number of amides is 2. The van der Waals surface area contributed by atoms with Gasteiger partial charge in [-0.2, -0.15) is 0 Å². The second kappa shape index (κ2) is 7.01. The molecule has 3 atom stereocenters. The molecule has 0 radical (unpaired) electrons. The van der Waals surface area contributed by atoms with Gasteiger partial charge in [-0.15, -0.1) is 10.2 Å². The van der Waals surface area contributed by atoms with Crippen LogP contribution in [0.3, 0.4) is 0 Å². The Bertz CT molecular complexity index is 939. The fourth-order valence-corrected chi connectivity index (χ4v) is 6.06. The third-order valence-electron chi connectivity index (χ3n) is 6.95. The Balaban J connectivity index is 1.40. The Kier molecular flexibility index (Phi) is 4.57. The highest BCUT2D eigenvalue weighted by Gasteiger charge is 2.62. The smallest absolute Gasteiger partial charge is 0.322 e. The summed E-state index contributed by atoms with van der Waals surface area (Å²) in [6.07, 6.45) is 7.59. The molecule has 3 fully saturated rings. The molecule has 1 aromatic carbocycles. The number of anilines is 1. The highest BCUT2D eigenvalue weighted by Crippen LogP contribution is 2.55. The van der Waals surface area contributed by atoms with Gasteiger partial charge in [0.05, 0.1) is 0 Å². The molecule has 7 heteroatoms. The molecule has 2 bridgehead atoms. The number of rotatable bonds is 3. The second-order valence-electron chi connectivity index (χ2n) is 9.08. The van der Waals surface area contributed by atoms with Crippen molar-refractivity contribution in [3.05, 3.63) is 40.6 Å². The van der Waals surface area contributed by atoms with E-state index in [4.69, 9.17) is 16.0 Å². The fraction of sp³-hybridized carbons (Fsp3) is 0.591. The zero-order valence-electron chi connectivity index (χ0n) is 16.9. The van der Waals surface area contributed by atoms with Crippen molar-refractivity contribution >= 4 is 23.3 Å². The summed E-state index contributed by atoms with van der Waals surface area (Å²) in [5.74, 6) is 2.12. The van der Waals surface area contributed by atoms with Crippen LogP contribution < -0.4 is 5.32 Å². The van der Waals surface area contributed by atoms with Crippen LogP contribution in [0.25, 0.3) is 0 Å². The number of piperidine rings is 1. The van der Waals surface area contributed by atoms with Crippen LogP contribution in [0.4, 0.5) is 10.5 Å². The number of nitrogens with one attached hydrogen (secondary N) is 1. The van der Waals surface area contributed by atoms with Crippen molar-refractivity contribution < 1.29 is 9.21 Å². The number of benzene rings is 1. The molecule has 6 nitrogen and oxygen atoms in total. The fourth-order valence-electron chi connectivity index (χ4n) is 5.79. The minimum Gasteiger partial charge on any atom is -0.423 e. The molecule has 1 saturated heterocycles. The number of nitrogens with zero attached hydrogens (tertiary/aromatic N) is 3. The number of carbonyl (C=O) groups is 1. The Hall–Kier alpha value is -2.08. The van der Waals surface area contributed by atoms with Crippen LogP contribution in [0, 0.1) is 12.8 Å². The largest absolute Gasteiger partial charge is 0.423 e. The lowest BCUT2D eigenvalue weighted by atomic mass is 9.64. The minimum atomic E-state index is -0.478. The SMILES string of the molecule is Cc1nnc(C23C[C@@H](C)C[C@H](C2)N3C(=O)Nc2ccc(Cl)c(C3CCCC3)c2)o1. The number of aromatic nitrogens is 2. The first kappa shape index (κ1) is 18.9. The molecule has 154 valence electrons. The van der Waals surface area contributed by atoms with Crippen LogP contribution in [-0.2, 0) is 5.54 Å². The number of likely N-dealkylation sites (tertiary alicyclic amines) is 1. The van der Waals surface area contributed by atoms with E-state index in [1.807, 2.05) is 17.0 Å². The van der Waals surface area contributed by atoms with E-state index in [0.29, 0.717) is 23.6 Å². The predicted molar refractivity (Wildman–Crippen MR) is 111 cm³/mol. The number of halogens is 1. The first-order valence-electron chi connectivity index (χ1n) is 10.7. The zero-order valence-corrected chi connectivity index (χ0v) is 17.7. The summed E-state index contributed by atoms with van der Waals surface area (Å²) in [4.78, 5) is 15.2. The molecule has 1 aliphatic heterocycles. The predicted octanol–water partition coefficient (Wildman–Crippen LogP) is 5.62. The molecule has 29 heavy (non-hydrogen) atoms. The lowest BCUT2D eigenvalue weighted by Crippen LogP contribution is -2.70. The van der Waals surface area contributed by atoms with E-state index >= 15 is 0 Å². The van der Waals surface area contributed by atoms with Gasteiger partial charge in [0.2, 0.25) is 11.8 Å².